The molecule has 2 aromatic carbocycles. The minimum atomic E-state index is -0.313. The Labute approximate surface area is 129 Å². The van der Waals surface area contributed by atoms with E-state index in [-0.39, 0.29) is 12.0 Å². The van der Waals surface area contributed by atoms with E-state index in [0.29, 0.717) is 12.1 Å². The molecule has 0 aliphatic rings. The number of carbonyl (C=O) groups is 1. The van der Waals surface area contributed by atoms with Crippen molar-refractivity contribution in [2.45, 2.75) is 19.5 Å². The van der Waals surface area contributed by atoms with Crippen LogP contribution in [0.15, 0.2) is 48.5 Å². The van der Waals surface area contributed by atoms with E-state index in [0.717, 1.165) is 16.1 Å². The predicted molar refractivity (Wildman–Crippen MR) is 84.5 cm³/mol. The molecule has 0 aliphatic carbocycles. The van der Waals surface area contributed by atoms with Crippen molar-refractivity contribution in [1.82, 2.24) is 5.32 Å². The van der Waals surface area contributed by atoms with Crippen molar-refractivity contribution in [2.24, 2.45) is 0 Å². The lowest BCUT2D eigenvalue weighted by Gasteiger charge is -2.15. The third kappa shape index (κ3) is 4.06. The molecule has 0 unspecified atom stereocenters. The molecule has 0 saturated heterocycles. The first-order valence-electron chi connectivity index (χ1n) is 6.77. The van der Waals surface area contributed by atoms with Gasteiger partial charge in [0.2, 0.25) is 0 Å². The highest BCUT2D eigenvalue weighted by Crippen LogP contribution is 2.17. The van der Waals surface area contributed by atoms with E-state index in [1.807, 2.05) is 42.5 Å². The van der Waals surface area contributed by atoms with Crippen LogP contribution in [0.1, 0.15) is 34.5 Å². The van der Waals surface area contributed by atoms with Crippen LogP contribution in [0.2, 0.25) is 5.02 Å². The zero-order valence-corrected chi connectivity index (χ0v) is 12.9. The van der Waals surface area contributed by atoms with Gasteiger partial charge in [0.1, 0.15) is 0 Å². The standard InChI is InChI=1S/C17H18ClNO2/c1-12(13-7-9-15(18)10-8-13)19-11-14-5-3-4-6-16(14)17(20)21-2/h3-10,12,19H,11H2,1-2H3/t12-/m0/s1. The molecule has 0 saturated carbocycles. The van der Waals surface area contributed by atoms with E-state index in [2.05, 4.69) is 12.2 Å². The average molecular weight is 304 g/mol. The first-order chi connectivity index (χ1) is 10.1. The molecule has 0 aromatic heterocycles. The van der Waals surface area contributed by atoms with Crippen molar-refractivity contribution < 1.29 is 9.53 Å². The number of hydrogen-bond donors (Lipinski definition) is 1. The lowest BCUT2D eigenvalue weighted by atomic mass is 10.1. The van der Waals surface area contributed by atoms with Crippen molar-refractivity contribution in [1.29, 1.82) is 0 Å². The minimum Gasteiger partial charge on any atom is -0.465 e. The van der Waals surface area contributed by atoms with E-state index >= 15 is 0 Å². The van der Waals surface area contributed by atoms with Gasteiger partial charge in [-0.2, -0.15) is 0 Å². The Kier molecular flexibility index (Phi) is 5.37. The van der Waals surface area contributed by atoms with Gasteiger partial charge < -0.3 is 10.1 Å². The second-order valence-corrected chi connectivity index (χ2v) is 5.24. The van der Waals surface area contributed by atoms with Gasteiger partial charge in [0.05, 0.1) is 12.7 Å². The molecule has 3 nitrogen and oxygen atoms in total. The van der Waals surface area contributed by atoms with Gasteiger partial charge in [-0.25, -0.2) is 4.79 Å². The lowest BCUT2D eigenvalue weighted by Crippen LogP contribution is -2.20. The van der Waals surface area contributed by atoms with Gasteiger partial charge >= 0.3 is 5.97 Å². The number of benzene rings is 2. The monoisotopic (exact) mass is 303 g/mol. The number of ether oxygens (including phenoxy) is 1. The van der Waals surface area contributed by atoms with E-state index in [4.69, 9.17) is 16.3 Å². The Morgan fingerprint density at radius 2 is 1.86 bits per heavy atom. The van der Waals surface area contributed by atoms with Crippen molar-refractivity contribution >= 4 is 17.6 Å². The van der Waals surface area contributed by atoms with E-state index in [1.54, 1.807) is 6.07 Å². The van der Waals surface area contributed by atoms with Crippen LogP contribution in [0.25, 0.3) is 0 Å². The third-order valence-corrected chi connectivity index (χ3v) is 3.64. The van der Waals surface area contributed by atoms with Crippen LogP contribution >= 0.6 is 11.6 Å². The van der Waals surface area contributed by atoms with Gasteiger partial charge in [-0.1, -0.05) is 41.9 Å². The zero-order chi connectivity index (χ0) is 15.2. The topological polar surface area (TPSA) is 38.3 Å². The summed E-state index contributed by atoms with van der Waals surface area (Å²) in [4.78, 5) is 11.7. The summed E-state index contributed by atoms with van der Waals surface area (Å²) in [5.41, 5.74) is 2.66. The number of halogens is 1. The summed E-state index contributed by atoms with van der Waals surface area (Å²) in [5, 5.41) is 4.13. The van der Waals surface area contributed by atoms with Crippen LogP contribution < -0.4 is 5.32 Å². The number of hydrogen-bond acceptors (Lipinski definition) is 3. The van der Waals surface area contributed by atoms with Crippen molar-refractivity contribution in [3.05, 3.63) is 70.2 Å². The molecule has 0 aliphatic heterocycles. The Hall–Kier alpha value is -1.84. The molecule has 2 rings (SSSR count). The minimum absolute atomic E-state index is 0.160. The Morgan fingerprint density at radius 1 is 1.19 bits per heavy atom. The van der Waals surface area contributed by atoms with Crippen LogP contribution in [0.3, 0.4) is 0 Å². The maximum atomic E-state index is 11.7. The fourth-order valence-electron chi connectivity index (χ4n) is 2.12. The molecular formula is C17H18ClNO2. The van der Waals surface area contributed by atoms with E-state index in [1.165, 1.54) is 7.11 Å². The molecular weight excluding hydrogens is 286 g/mol. The van der Waals surface area contributed by atoms with Gasteiger partial charge in [-0.15, -0.1) is 0 Å². The largest absolute Gasteiger partial charge is 0.465 e. The first kappa shape index (κ1) is 15.5. The van der Waals surface area contributed by atoms with Crippen LogP contribution in [0.4, 0.5) is 0 Å². The van der Waals surface area contributed by atoms with Crippen molar-refractivity contribution in [3.63, 3.8) is 0 Å². The van der Waals surface area contributed by atoms with Gasteiger partial charge in [0, 0.05) is 17.6 Å². The summed E-state index contributed by atoms with van der Waals surface area (Å²) in [6.45, 7) is 2.67. The van der Waals surface area contributed by atoms with Crippen LogP contribution in [0.5, 0.6) is 0 Å². The number of rotatable bonds is 5. The summed E-state index contributed by atoms with van der Waals surface area (Å²) in [5.74, 6) is -0.313. The summed E-state index contributed by atoms with van der Waals surface area (Å²) in [6, 6.07) is 15.3. The molecule has 0 heterocycles. The Balaban J connectivity index is 2.06. The van der Waals surface area contributed by atoms with E-state index in [9.17, 15) is 4.79 Å². The fourth-order valence-corrected chi connectivity index (χ4v) is 2.24. The van der Waals surface area contributed by atoms with E-state index < -0.39 is 0 Å². The van der Waals surface area contributed by atoms with Crippen LogP contribution in [-0.4, -0.2) is 13.1 Å². The van der Waals surface area contributed by atoms with Crippen LogP contribution in [-0.2, 0) is 11.3 Å². The second kappa shape index (κ2) is 7.25. The molecule has 110 valence electrons. The normalized spacial score (nSPS) is 12.0. The first-order valence-corrected chi connectivity index (χ1v) is 7.14. The number of carbonyl (C=O) groups excluding carboxylic acids is 1. The highest BCUT2D eigenvalue weighted by atomic mass is 35.5. The molecule has 0 bridgehead atoms. The molecule has 0 spiro atoms. The van der Waals surface area contributed by atoms with Gasteiger partial charge in [0.15, 0.2) is 0 Å². The lowest BCUT2D eigenvalue weighted by molar-refractivity contribution is 0.0599. The molecule has 1 atom stereocenters. The number of methoxy groups -OCH3 is 1. The predicted octanol–water partition coefficient (Wildman–Crippen LogP) is 3.98. The summed E-state index contributed by atoms with van der Waals surface area (Å²) < 4.78 is 4.80. The summed E-state index contributed by atoms with van der Waals surface area (Å²) >= 11 is 5.89. The molecule has 21 heavy (non-hydrogen) atoms. The Bertz CT molecular complexity index is 610. The van der Waals surface area contributed by atoms with Gasteiger partial charge in [-0.05, 0) is 36.2 Å². The molecule has 0 radical (unpaired) electrons. The second-order valence-electron chi connectivity index (χ2n) is 4.80. The smallest absolute Gasteiger partial charge is 0.338 e. The Morgan fingerprint density at radius 3 is 2.52 bits per heavy atom. The maximum Gasteiger partial charge on any atom is 0.338 e. The molecule has 4 heteroatoms. The molecule has 1 N–H and O–H groups in total. The molecule has 0 fully saturated rings. The third-order valence-electron chi connectivity index (χ3n) is 3.39. The summed E-state index contributed by atoms with van der Waals surface area (Å²) in [6.07, 6.45) is 0. The SMILES string of the molecule is COC(=O)c1ccccc1CN[C@@H](C)c1ccc(Cl)cc1. The van der Waals surface area contributed by atoms with Gasteiger partial charge in [-0.3, -0.25) is 0 Å². The zero-order valence-electron chi connectivity index (χ0n) is 12.1. The number of esters is 1. The highest BCUT2D eigenvalue weighted by molar-refractivity contribution is 6.30. The van der Waals surface area contributed by atoms with Crippen LogP contribution in [0, 0.1) is 0 Å². The fraction of sp³-hybridized carbons (Fsp3) is 0.235. The average Bonchev–Trinajstić information content (AvgIpc) is 2.52. The van der Waals surface area contributed by atoms with Crippen molar-refractivity contribution in [2.75, 3.05) is 7.11 Å². The van der Waals surface area contributed by atoms with Crippen molar-refractivity contribution in [3.8, 4) is 0 Å². The number of nitrogens with one attached hydrogen (secondary N) is 1. The quantitative estimate of drug-likeness (QED) is 0.849. The maximum absolute atomic E-state index is 11.7. The molecule has 2 aromatic rings. The van der Waals surface area contributed by atoms with Gasteiger partial charge in [0.25, 0.3) is 0 Å². The summed E-state index contributed by atoms with van der Waals surface area (Å²) in [7, 11) is 1.39. The highest BCUT2D eigenvalue weighted by Gasteiger charge is 2.12. The molecule has 0 amide bonds.